The summed E-state index contributed by atoms with van der Waals surface area (Å²) in [4.78, 5) is 13.9. The standard InChI is InChI=1S/C16H25N3O2/c1-3-12(17)15(11-7-4-5-9-14(11)21-2)19-10-6-8-13(19)16(18)20/h4-5,7,9,12-13,15H,3,6,8,10,17H2,1-2H3,(H2,18,20). The molecular formula is C16H25N3O2. The number of rotatable bonds is 6. The van der Waals surface area contributed by atoms with Crippen molar-refractivity contribution < 1.29 is 9.53 Å². The van der Waals surface area contributed by atoms with Gasteiger partial charge in [-0.15, -0.1) is 0 Å². The third kappa shape index (κ3) is 3.19. The fourth-order valence-electron chi connectivity index (χ4n) is 3.22. The van der Waals surface area contributed by atoms with Crippen LogP contribution in [0, 0.1) is 0 Å². The summed E-state index contributed by atoms with van der Waals surface area (Å²) in [7, 11) is 1.66. The van der Waals surface area contributed by atoms with Gasteiger partial charge in [0.25, 0.3) is 0 Å². The van der Waals surface area contributed by atoms with Crippen LogP contribution in [0.25, 0.3) is 0 Å². The zero-order valence-corrected chi connectivity index (χ0v) is 12.8. The maximum absolute atomic E-state index is 11.7. The molecule has 0 radical (unpaired) electrons. The Bertz CT molecular complexity index is 492. The van der Waals surface area contributed by atoms with E-state index in [-0.39, 0.29) is 24.0 Å². The van der Waals surface area contributed by atoms with Crippen molar-refractivity contribution >= 4 is 5.91 Å². The van der Waals surface area contributed by atoms with Crippen molar-refractivity contribution in [2.75, 3.05) is 13.7 Å². The van der Waals surface area contributed by atoms with Crippen molar-refractivity contribution in [2.24, 2.45) is 11.5 Å². The highest BCUT2D eigenvalue weighted by Crippen LogP contribution is 2.36. The van der Waals surface area contributed by atoms with Crippen LogP contribution >= 0.6 is 0 Å². The smallest absolute Gasteiger partial charge is 0.234 e. The summed E-state index contributed by atoms with van der Waals surface area (Å²) in [5.74, 6) is 0.539. The summed E-state index contributed by atoms with van der Waals surface area (Å²) in [5, 5.41) is 0. The summed E-state index contributed by atoms with van der Waals surface area (Å²) in [6.45, 7) is 2.90. The van der Waals surface area contributed by atoms with E-state index in [1.54, 1.807) is 7.11 Å². The number of hydrogen-bond acceptors (Lipinski definition) is 4. The molecule has 21 heavy (non-hydrogen) atoms. The van der Waals surface area contributed by atoms with Gasteiger partial charge in [-0.3, -0.25) is 9.69 Å². The van der Waals surface area contributed by atoms with E-state index in [1.165, 1.54) is 0 Å². The molecule has 1 amide bonds. The largest absolute Gasteiger partial charge is 0.496 e. The van der Waals surface area contributed by atoms with Gasteiger partial charge < -0.3 is 16.2 Å². The van der Waals surface area contributed by atoms with E-state index >= 15 is 0 Å². The molecule has 3 atom stereocenters. The predicted octanol–water partition coefficient (Wildman–Crippen LogP) is 1.42. The predicted molar refractivity (Wildman–Crippen MR) is 82.9 cm³/mol. The van der Waals surface area contributed by atoms with Crippen molar-refractivity contribution in [2.45, 2.75) is 44.3 Å². The summed E-state index contributed by atoms with van der Waals surface area (Å²) in [6, 6.07) is 7.51. The Morgan fingerprint density at radius 3 is 2.81 bits per heavy atom. The Labute approximate surface area is 126 Å². The van der Waals surface area contributed by atoms with Crippen LogP contribution in [0.15, 0.2) is 24.3 Å². The zero-order chi connectivity index (χ0) is 15.4. The number of hydrogen-bond donors (Lipinski definition) is 2. The number of nitrogens with two attached hydrogens (primary N) is 2. The minimum Gasteiger partial charge on any atom is -0.496 e. The molecule has 1 aromatic carbocycles. The van der Waals surface area contributed by atoms with Gasteiger partial charge in [0.15, 0.2) is 0 Å². The van der Waals surface area contributed by atoms with Gasteiger partial charge in [0.1, 0.15) is 5.75 Å². The van der Waals surface area contributed by atoms with Crippen molar-refractivity contribution in [3.05, 3.63) is 29.8 Å². The molecule has 1 aromatic rings. The topological polar surface area (TPSA) is 81.6 Å². The number of carbonyl (C=O) groups excluding carboxylic acids is 1. The maximum Gasteiger partial charge on any atom is 0.234 e. The van der Waals surface area contributed by atoms with Crippen molar-refractivity contribution in [1.82, 2.24) is 4.90 Å². The van der Waals surface area contributed by atoms with Gasteiger partial charge in [-0.05, 0) is 31.9 Å². The van der Waals surface area contributed by atoms with Gasteiger partial charge in [-0.25, -0.2) is 0 Å². The molecule has 0 saturated carbocycles. The average molecular weight is 291 g/mol. The number of para-hydroxylation sites is 1. The summed E-state index contributed by atoms with van der Waals surface area (Å²) in [6.07, 6.45) is 2.60. The molecule has 1 aliphatic rings. The van der Waals surface area contributed by atoms with Crippen LogP contribution in [0.2, 0.25) is 0 Å². The van der Waals surface area contributed by atoms with Gasteiger partial charge in [-0.1, -0.05) is 25.1 Å². The number of amides is 1. The molecule has 4 N–H and O–H groups in total. The molecule has 1 heterocycles. The second kappa shape index (κ2) is 6.91. The Kier molecular flexibility index (Phi) is 5.20. The minimum atomic E-state index is -0.268. The second-order valence-corrected chi connectivity index (χ2v) is 5.56. The molecule has 2 rings (SSSR count). The Morgan fingerprint density at radius 2 is 2.19 bits per heavy atom. The van der Waals surface area contributed by atoms with E-state index < -0.39 is 0 Å². The number of methoxy groups -OCH3 is 1. The van der Waals surface area contributed by atoms with Crippen molar-refractivity contribution in [1.29, 1.82) is 0 Å². The van der Waals surface area contributed by atoms with Crippen LogP contribution in [0.4, 0.5) is 0 Å². The fraction of sp³-hybridized carbons (Fsp3) is 0.562. The van der Waals surface area contributed by atoms with Crippen LogP contribution in [-0.2, 0) is 4.79 Å². The lowest BCUT2D eigenvalue weighted by molar-refractivity contribution is -0.123. The third-order valence-corrected chi connectivity index (χ3v) is 4.31. The molecule has 1 saturated heterocycles. The van der Waals surface area contributed by atoms with Gasteiger partial charge in [-0.2, -0.15) is 0 Å². The summed E-state index contributed by atoms with van der Waals surface area (Å²) >= 11 is 0. The molecule has 3 unspecified atom stereocenters. The highest BCUT2D eigenvalue weighted by Gasteiger charge is 2.38. The molecule has 0 aromatic heterocycles. The highest BCUT2D eigenvalue weighted by atomic mass is 16.5. The Balaban J connectivity index is 2.41. The van der Waals surface area contributed by atoms with Gasteiger partial charge in [0.05, 0.1) is 19.2 Å². The van der Waals surface area contributed by atoms with E-state index in [4.69, 9.17) is 16.2 Å². The molecule has 0 aliphatic carbocycles. The summed E-state index contributed by atoms with van der Waals surface area (Å²) < 4.78 is 5.48. The SMILES string of the molecule is CCC(N)C(c1ccccc1OC)N1CCCC1C(N)=O. The van der Waals surface area contributed by atoms with E-state index in [0.717, 1.165) is 37.1 Å². The van der Waals surface area contributed by atoms with Crippen molar-refractivity contribution in [3.63, 3.8) is 0 Å². The lowest BCUT2D eigenvalue weighted by atomic mass is 9.94. The number of primary amides is 1. The first-order chi connectivity index (χ1) is 10.1. The quantitative estimate of drug-likeness (QED) is 0.830. The monoisotopic (exact) mass is 291 g/mol. The molecule has 5 nitrogen and oxygen atoms in total. The van der Waals surface area contributed by atoms with Crippen LogP contribution in [0.3, 0.4) is 0 Å². The van der Waals surface area contributed by atoms with Crippen LogP contribution in [0.5, 0.6) is 5.75 Å². The molecule has 1 fully saturated rings. The number of nitrogens with zero attached hydrogens (tertiary/aromatic N) is 1. The Morgan fingerprint density at radius 1 is 1.48 bits per heavy atom. The first kappa shape index (κ1) is 15.8. The number of benzene rings is 1. The third-order valence-electron chi connectivity index (χ3n) is 4.31. The first-order valence-electron chi connectivity index (χ1n) is 7.53. The molecule has 0 spiro atoms. The normalized spacial score (nSPS) is 22.0. The van der Waals surface area contributed by atoms with Crippen LogP contribution in [0.1, 0.15) is 37.8 Å². The minimum absolute atomic E-state index is 0.0499. The van der Waals surface area contributed by atoms with Crippen LogP contribution in [-0.4, -0.2) is 36.5 Å². The van der Waals surface area contributed by atoms with Gasteiger partial charge in [0, 0.05) is 11.6 Å². The lowest BCUT2D eigenvalue weighted by Gasteiger charge is -2.36. The zero-order valence-electron chi connectivity index (χ0n) is 12.8. The number of likely N-dealkylation sites (tertiary alicyclic amines) is 1. The molecule has 0 bridgehead atoms. The molecule has 5 heteroatoms. The maximum atomic E-state index is 11.7. The second-order valence-electron chi connectivity index (χ2n) is 5.56. The van der Waals surface area contributed by atoms with Crippen molar-refractivity contribution in [3.8, 4) is 5.75 Å². The fourth-order valence-corrected chi connectivity index (χ4v) is 3.22. The first-order valence-corrected chi connectivity index (χ1v) is 7.53. The Hall–Kier alpha value is -1.59. The highest BCUT2D eigenvalue weighted by molar-refractivity contribution is 5.80. The van der Waals surface area contributed by atoms with E-state index in [2.05, 4.69) is 11.8 Å². The van der Waals surface area contributed by atoms with E-state index in [9.17, 15) is 4.79 Å². The van der Waals surface area contributed by atoms with Gasteiger partial charge >= 0.3 is 0 Å². The van der Waals surface area contributed by atoms with Gasteiger partial charge in [0.2, 0.25) is 5.91 Å². The molecular weight excluding hydrogens is 266 g/mol. The average Bonchev–Trinajstić information content (AvgIpc) is 2.97. The lowest BCUT2D eigenvalue weighted by Crippen LogP contribution is -2.48. The van der Waals surface area contributed by atoms with E-state index in [0.29, 0.717) is 0 Å². The van der Waals surface area contributed by atoms with Crippen LogP contribution < -0.4 is 16.2 Å². The summed E-state index contributed by atoms with van der Waals surface area (Å²) in [5.41, 5.74) is 13.0. The number of carbonyl (C=O) groups is 1. The molecule has 1 aliphatic heterocycles. The number of ether oxygens (including phenoxy) is 1. The van der Waals surface area contributed by atoms with E-state index in [1.807, 2.05) is 24.3 Å². The molecule has 116 valence electrons.